The molecule has 4 fully saturated rings. The van der Waals surface area contributed by atoms with Crippen molar-refractivity contribution in [1.29, 1.82) is 0 Å². The van der Waals surface area contributed by atoms with Gasteiger partial charge in [0.25, 0.3) is 0 Å². The van der Waals surface area contributed by atoms with Crippen molar-refractivity contribution >= 4 is 35.1 Å². The van der Waals surface area contributed by atoms with E-state index in [-0.39, 0.29) is 46.8 Å². The average Bonchev–Trinajstić information content (AvgIpc) is 3.40. The quantitative estimate of drug-likeness (QED) is 0.504. The van der Waals surface area contributed by atoms with Gasteiger partial charge in [0.15, 0.2) is 0 Å². The monoisotopic (exact) mass is 515 g/mol. The number of alkyl halides is 1. The normalized spacial score (nSPS) is 35.2. The second-order valence-corrected chi connectivity index (χ2v) is 11.3. The van der Waals surface area contributed by atoms with Crippen LogP contribution in [0.25, 0.3) is 0 Å². The van der Waals surface area contributed by atoms with E-state index in [0.29, 0.717) is 38.8 Å². The fraction of sp³-hybridized carbons (Fsp3) is 0.667. The van der Waals surface area contributed by atoms with Gasteiger partial charge >= 0.3 is 6.03 Å². The SMILES string of the molecule is O=C(N[C@H](c1c(F)ccc(Cl)c1Cl)C12CCC(F)(CC1)C2)[C@@H]1C[C@@H](O)[C@@H](NC(=O)N2CCC2)C1. The molecule has 3 saturated carbocycles. The summed E-state index contributed by atoms with van der Waals surface area (Å²) in [5, 5.41) is 16.5. The third-order valence-electron chi connectivity index (χ3n) is 8.43. The molecule has 0 unspecified atom stereocenters. The van der Waals surface area contributed by atoms with Crippen LogP contribution in [0.1, 0.15) is 63.0 Å². The van der Waals surface area contributed by atoms with Gasteiger partial charge in [0.1, 0.15) is 11.5 Å². The van der Waals surface area contributed by atoms with Gasteiger partial charge in [-0.2, -0.15) is 0 Å². The van der Waals surface area contributed by atoms with Gasteiger partial charge in [0.2, 0.25) is 5.91 Å². The van der Waals surface area contributed by atoms with E-state index >= 15 is 8.78 Å². The zero-order chi connectivity index (χ0) is 24.3. The molecule has 3 N–H and O–H groups in total. The van der Waals surface area contributed by atoms with Crippen LogP contribution in [0.2, 0.25) is 10.0 Å². The number of hydrogen-bond acceptors (Lipinski definition) is 3. The number of rotatable bonds is 5. The highest BCUT2D eigenvalue weighted by Gasteiger charge is 2.59. The second kappa shape index (κ2) is 8.79. The number of halogens is 4. The summed E-state index contributed by atoms with van der Waals surface area (Å²) in [7, 11) is 0. The van der Waals surface area contributed by atoms with Crippen molar-refractivity contribution in [2.45, 2.75) is 75.2 Å². The molecule has 3 amide bonds. The Kier molecular flexibility index (Phi) is 6.22. The minimum Gasteiger partial charge on any atom is -0.391 e. The number of fused-ring (bicyclic) bond motifs is 2. The first-order valence-electron chi connectivity index (χ1n) is 12.0. The number of urea groups is 1. The molecular formula is C24H29Cl2F2N3O3. The first-order chi connectivity index (χ1) is 16.1. The topological polar surface area (TPSA) is 81.7 Å². The molecule has 0 spiro atoms. The molecule has 0 aromatic heterocycles. The van der Waals surface area contributed by atoms with Gasteiger partial charge in [0.05, 0.1) is 28.2 Å². The zero-order valence-corrected chi connectivity index (χ0v) is 20.3. The summed E-state index contributed by atoms with van der Waals surface area (Å²) in [5.74, 6) is -1.53. The molecule has 4 aliphatic rings. The molecule has 1 saturated heterocycles. The van der Waals surface area contributed by atoms with E-state index in [2.05, 4.69) is 10.6 Å². The molecule has 186 valence electrons. The van der Waals surface area contributed by atoms with E-state index in [9.17, 15) is 14.7 Å². The lowest BCUT2D eigenvalue weighted by Gasteiger charge is -2.38. The highest BCUT2D eigenvalue weighted by molar-refractivity contribution is 6.42. The van der Waals surface area contributed by atoms with Gasteiger partial charge in [-0.1, -0.05) is 23.2 Å². The molecule has 1 heterocycles. The van der Waals surface area contributed by atoms with Gasteiger partial charge in [0, 0.05) is 24.6 Å². The Labute approximate surface area is 207 Å². The average molecular weight is 516 g/mol. The van der Waals surface area contributed by atoms with Crippen molar-refractivity contribution in [1.82, 2.24) is 15.5 Å². The second-order valence-electron chi connectivity index (χ2n) is 10.5. The molecular weight excluding hydrogens is 487 g/mol. The maximum absolute atomic E-state index is 15.1. The van der Waals surface area contributed by atoms with E-state index in [1.807, 2.05) is 0 Å². The number of nitrogens with zero attached hydrogens (tertiary/aromatic N) is 1. The first kappa shape index (κ1) is 24.1. The smallest absolute Gasteiger partial charge is 0.317 e. The van der Waals surface area contributed by atoms with Crippen LogP contribution in [0.3, 0.4) is 0 Å². The predicted molar refractivity (Wildman–Crippen MR) is 124 cm³/mol. The standard InChI is InChI=1S/C24H29Cl2F2N3O3/c25-14-2-3-15(27)18(19(14)26)20(23-4-6-24(28,12-23)7-5-23)30-21(33)13-10-16(17(32)11-13)29-22(34)31-8-1-9-31/h2-3,13,16-17,20,32H,1,4-12H2,(H,29,34)(H,30,33)/t13-,16-,17+,20+,23?,24?/m0/s1. The van der Waals surface area contributed by atoms with Crippen molar-refractivity contribution in [2.75, 3.05) is 13.1 Å². The van der Waals surface area contributed by atoms with Crippen LogP contribution >= 0.6 is 23.2 Å². The Morgan fingerprint density at radius 1 is 1.15 bits per heavy atom. The minimum absolute atomic E-state index is 0.0238. The van der Waals surface area contributed by atoms with Crippen LogP contribution in [0, 0.1) is 17.2 Å². The molecule has 1 aromatic carbocycles. The summed E-state index contributed by atoms with van der Waals surface area (Å²) >= 11 is 12.6. The number of aliphatic hydroxyl groups is 1. The lowest BCUT2D eigenvalue weighted by atomic mass is 9.74. The van der Waals surface area contributed by atoms with Crippen molar-refractivity contribution in [3.05, 3.63) is 33.6 Å². The van der Waals surface area contributed by atoms with Crippen LogP contribution in [0.15, 0.2) is 12.1 Å². The molecule has 0 radical (unpaired) electrons. The molecule has 3 aliphatic carbocycles. The maximum atomic E-state index is 15.1. The number of carbonyl (C=O) groups excluding carboxylic acids is 2. The zero-order valence-electron chi connectivity index (χ0n) is 18.8. The molecule has 5 rings (SSSR count). The molecule has 6 nitrogen and oxygen atoms in total. The minimum atomic E-state index is -1.31. The van der Waals surface area contributed by atoms with Crippen molar-refractivity contribution in [2.24, 2.45) is 11.3 Å². The summed E-state index contributed by atoms with van der Waals surface area (Å²) in [6.45, 7) is 1.37. The summed E-state index contributed by atoms with van der Waals surface area (Å²) in [4.78, 5) is 27.3. The molecule has 1 aliphatic heterocycles. The largest absolute Gasteiger partial charge is 0.391 e. The van der Waals surface area contributed by atoms with Crippen LogP contribution in [0.4, 0.5) is 13.6 Å². The molecule has 1 aromatic rings. The Balaban J connectivity index is 1.37. The van der Waals surface area contributed by atoms with Gasteiger partial charge in [-0.25, -0.2) is 13.6 Å². The van der Waals surface area contributed by atoms with E-state index in [1.165, 1.54) is 12.1 Å². The van der Waals surface area contributed by atoms with Crippen LogP contribution < -0.4 is 10.6 Å². The summed E-state index contributed by atoms with van der Waals surface area (Å²) < 4.78 is 30.2. The van der Waals surface area contributed by atoms with Gasteiger partial charge in [-0.3, -0.25) is 4.79 Å². The fourth-order valence-corrected chi connectivity index (χ4v) is 6.75. The maximum Gasteiger partial charge on any atom is 0.317 e. The molecule has 4 atom stereocenters. The van der Waals surface area contributed by atoms with E-state index in [1.54, 1.807) is 4.90 Å². The van der Waals surface area contributed by atoms with Gasteiger partial charge in [-0.15, -0.1) is 0 Å². The number of likely N-dealkylation sites (tertiary alicyclic amines) is 1. The first-order valence-corrected chi connectivity index (χ1v) is 12.7. The lowest BCUT2D eigenvalue weighted by molar-refractivity contribution is -0.127. The Hall–Kier alpha value is -1.64. The van der Waals surface area contributed by atoms with Crippen LogP contribution in [-0.2, 0) is 4.79 Å². The van der Waals surface area contributed by atoms with Gasteiger partial charge in [-0.05, 0) is 68.9 Å². The molecule has 2 bridgehead atoms. The van der Waals surface area contributed by atoms with E-state index in [4.69, 9.17) is 23.2 Å². The van der Waals surface area contributed by atoms with Gasteiger partial charge < -0.3 is 20.6 Å². The number of benzene rings is 1. The third kappa shape index (κ3) is 4.16. The van der Waals surface area contributed by atoms with E-state index < -0.39 is 41.0 Å². The van der Waals surface area contributed by atoms with Crippen LogP contribution in [0.5, 0.6) is 0 Å². The number of nitrogens with one attached hydrogen (secondary N) is 2. The summed E-state index contributed by atoms with van der Waals surface area (Å²) in [6.07, 6.45) is 2.53. The Morgan fingerprint density at radius 3 is 2.44 bits per heavy atom. The van der Waals surface area contributed by atoms with Crippen molar-refractivity contribution < 1.29 is 23.5 Å². The highest BCUT2D eigenvalue weighted by Crippen LogP contribution is 2.64. The predicted octanol–water partition coefficient (Wildman–Crippen LogP) is 4.52. The van der Waals surface area contributed by atoms with Crippen molar-refractivity contribution in [3.63, 3.8) is 0 Å². The van der Waals surface area contributed by atoms with Crippen molar-refractivity contribution in [3.8, 4) is 0 Å². The number of carbonyl (C=O) groups is 2. The highest BCUT2D eigenvalue weighted by atomic mass is 35.5. The fourth-order valence-electron chi connectivity index (χ4n) is 6.32. The Bertz CT molecular complexity index is 998. The lowest BCUT2D eigenvalue weighted by Crippen LogP contribution is -2.52. The number of hydrogen-bond donors (Lipinski definition) is 3. The van der Waals surface area contributed by atoms with Crippen LogP contribution in [-0.4, -0.2) is 52.8 Å². The number of aliphatic hydroxyl groups excluding tert-OH is 1. The molecule has 34 heavy (non-hydrogen) atoms. The Morgan fingerprint density at radius 2 is 1.85 bits per heavy atom. The third-order valence-corrected chi connectivity index (χ3v) is 9.25. The summed E-state index contributed by atoms with van der Waals surface area (Å²) in [5.41, 5.74) is -1.86. The van der Waals surface area contributed by atoms with E-state index in [0.717, 1.165) is 6.42 Å². The molecule has 10 heteroatoms. The number of amides is 3. The summed E-state index contributed by atoms with van der Waals surface area (Å²) in [6, 6.07) is 0.964.